The minimum Gasteiger partial charge on any atom is -0.383 e. The van der Waals surface area contributed by atoms with Crippen molar-refractivity contribution in [1.82, 2.24) is 24.2 Å². The summed E-state index contributed by atoms with van der Waals surface area (Å²) in [6, 6.07) is 6.61. The molecule has 2 aromatic heterocycles. The average molecular weight is 438 g/mol. The molecule has 1 aliphatic heterocycles. The van der Waals surface area contributed by atoms with Gasteiger partial charge in [-0.3, -0.25) is 14.2 Å². The van der Waals surface area contributed by atoms with Gasteiger partial charge in [0.25, 0.3) is 0 Å². The van der Waals surface area contributed by atoms with Gasteiger partial charge in [-0.25, -0.2) is 13.9 Å². The molecule has 0 aliphatic carbocycles. The van der Waals surface area contributed by atoms with Crippen LogP contribution < -0.4 is 11.4 Å². The maximum Gasteiger partial charge on any atom is 0.348 e. The number of nitrogens with two attached hydrogens (primary N) is 1. The molecule has 4 rings (SSSR count). The van der Waals surface area contributed by atoms with E-state index in [1.807, 2.05) is 0 Å². The van der Waals surface area contributed by atoms with E-state index in [-0.39, 0.29) is 29.6 Å². The highest BCUT2D eigenvalue weighted by atomic mass is 19.1. The maximum atomic E-state index is 13.2. The number of rotatable bonds is 5. The summed E-state index contributed by atoms with van der Waals surface area (Å²) in [6.07, 6.45) is 2.51. The number of hydrogen-bond acceptors (Lipinski definition) is 6. The fourth-order valence-electron chi connectivity index (χ4n) is 4.05. The largest absolute Gasteiger partial charge is 0.383 e. The topological polar surface area (TPSA) is 116 Å². The second kappa shape index (κ2) is 8.37. The molecular weight excluding hydrogens is 415 g/mol. The van der Waals surface area contributed by atoms with Crippen LogP contribution in [-0.4, -0.2) is 48.5 Å². The quantitative estimate of drug-likeness (QED) is 0.606. The molecule has 9 nitrogen and oxygen atoms in total. The first-order valence-corrected chi connectivity index (χ1v) is 10.2. The fraction of sp³-hybridized carbons (Fsp3) is 0.318. The molecule has 166 valence electrons. The summed E-state index contributed by atoms with van der Waals surface area (Å²) in [5, 5.41) is 4.17. The number of nitrogen functional groups attached to an aromatic ring is 1. The van der Waals surface area contributed by atoms with E-state index in [1.54, 1.807) is 19.9 Å². The second-order valence-electron chi connectivity index (χ2n) is 7.85. The van der Waals surface area contributed by atoms with E-state index in [2.05, 4.69) is 10.1 Å². The number of amides is 1. The lowest BCUT2D eigenvalue weighted by Crippen LogP contribution is -2.44. The number of carbonyl (C=O) groups excluding carboxylic acids is 2. The minimum absolute atomic E-state index is 0.121. The molecule has 1 fully saturated rings. The van der Waals surface area contributed by atoms with Crippen molar-refractivity contribution in [3.63, 3.8) is 0 Å². The number of aryl methyl sites for hydroxylation is 2. The van der Waals surface area contributed by atoms with Crippen LogP contribution in [0, 0.1) is 19.7 Å². The number of likely N-dealkylation sites (tertiary alicyclic amines) is 1. The van der Waals surface area contributed by atoms with Gasteiger partial charge in [-0.05, 0) is 57.0 Å². The van der Waals surface area contributed by atoms with E-state index in [1.165, 1.54) is 44.6 Å². The van der Waals surface area contributed by atoms with Crippen molar-refractivity contribution in [1.29, 1.82) is 0 Å². The number of hydrogen-bond donors (Lipinski definition) is 1. The molecule has 0 radical (unpaired) electrons. The number of aromatic nitrogens is 4. The third-order valence-corrected chi connectivity index (χ3v) is 5.66. The van der Waals surface area contributed by atoms with Crippen LogP contribution in [0.3, 0.4) is 0 Å². The molecule has 3 heterocycles. The van der Waals surface area contributed by atoms with Gasteiger partial charge in [0.2, 0.25) is 5.91 Å². The highest BCUT2D eigenvalue weighted by Gasteiger charge is 2.36. The lowest BCUT2D eigenvalue weighted by Gasteiger charge is -2.24. The SMILES string of the molecule is Cc1cc(C)n(CC(=O)N2CCCC2C(=O)c2cnn(-c3ccc(F)cc3)c2N)c(=O)n1. The summed E-state index contributed by atoms with van der Waals surface area (Å²) >= 11 is 0. The van der Waals surface area contributed by atoms with Crippen LogP contribution in [0.1, 0.15) is 34.6 Å². The molecule has 1 saturated heterocycles. The highest BCUT2D eigenvalue weighted by molar-refractivity contribution is 6.05. The van der Waals surface area contributed by atoms with Gasteiger partial charge in [-0.2, -0.15) is 10.1 Å². The molecule has 0 spiro atoms. The van der Waals surface area contributed by atoms with Crippen LogP contribution in [0.4, 0.5) is 10.2 Å². The lowest BCUT2D eigenvalue weighted by molar-refractivity contribution is -0.132. The van der Waals surface area contributed by atoms with Crippen LogP contribution in [-0.2, 0) is 11.3 Å². The number of nitrogens with zero attached hydrogens (tertiary/aromatic N) is 5. The first-order chi connectivity index (χ1) is 15.3. The van der Waals surface area contributed by atoms with E-state index < -0.39 is 17.5 Å². The van der Waals surface area contributed by atoms with Crippen LogP contribution in [0.15, 0.2) is 41.3 Å². The Hall–Kier alpha value is -3.82. The Morgan fingerprint density at radius 1 is 1.22 bits per heavy atom. The second-order valence-corrected chi connectivity index (χ2v) is 7.85. The van der Waals surface area contributed by atoms with E-state index >= 15 is 0 Å². The molecule has 32 heavy (non-hydrogen) atoms. The van der Waals surface area contributed by atoms with Gasteiger partial charge < -0.3 is 10.6 Å². The number of Topliss-reactive ketones (excluding diaryl/α,β-unsaturated/α-hetero) is 1. The predicted octanol–water partition coefficient (Wildman–Crippen LogP) is 1.64. The molecule has 2 N–H and O–H groups in total. The first-order valence-electron chi connectivity index (χ1n) is 10.2. The standard InChI is InChI=1S/C22H23FN6O3/c1-13-10-14(2)28(22(32)26-13)12-19(30)27-9-3-4-18(27)20(31)17-11-25-29(21(17)24)16-7-5-15(23)6-8-16/h5-8,10-11,18H,3-4,9,12,24H2,1-2H3. The van der Waals surface area contributed by atoms with Crippen LogP contribution in [0.25, 0.3) is 5.69 Å². The molecule has 1 aromatic carbocycles. The maximum absolute atomic E-state index is 13.2. The first kappa shape index (κ1) is 21.4. The molecule has 1 unspecified atom stereocenters. The third-order valence-electron chi connectivity index (χ3n) is 5.66. The van der Waals surface area contributed by atoms with Gasteiger partial charge in [0, 0.05) is 17.9 Å². The smallest absolute Gasteiger partial charge is 0.348 e. The molecule has 1 amide bonds. The van der Waals surface area contributed by atoms with Crippen molar-refractivity contribution in [2.75, 3.05) is 12.3 Å². The Labute approximate surface area is 183 Å². The molecular formula is C22H23FN6O3. The number of ketones is 1. The number of benzene rings is 1. The van der Waals surface area contributed by atoms with Gasteiger partial charge in [0.15, 0.2) is 5.78 Å². The summed E-state index contributed by atoms with van der Waals surface area (Å²) in [4.78, 5) is 43.8. The van der Waals surface area contributed by atoms with Crippen molar-refractivity contribution in [2.45, 2.75) is 39.3 Å². The van der Waals surface area contributed by atoms with Gasteiger partial charge in [-0.1, -0.05) is 0 Å². The summed E-state index contributed by atoms with van der Waals surface area (Å²) in [7, 11) is 0. The van der Waals surface area contributed by atoms with Crippen molar-refractivity contribution in [3.05, 3.63) is 69.8 Å². The predicted molar refractivity (Wildman–Crippen MR) is 115 cm³/mol. The van der Waals surface area contributed by atoms with Crippen molar-refractivity contribution in [2.24, 2.45) is 0 Å². The Kier molecular flexibility index (Phi) is 5.60. The van der Waals surface area contributed by atoms with Crippen LogP contribution in [0.5, 0.6) is 0 Å². The molecule has 3 aromatic rings. The van der Waals surface area contributed by atoms with E-state index in [0.717, 1.165) is 0 Å². The van der Waals surface area contributed by atoms with Crippen molar-refractivity contribution >= 4 is 17.5 Å². The minimum atomic E-state index is -0.690. The summed E-state index contributed by atoms with van der Waals surface area (Å²) < 4.78 is 15.9. The Balaban J connectivity index is 1.56. The number of anilines is 1. The average Bonchev–Trinajstić information content (AvgIpc) is 3.38. The van der Waals surface area contributed by atoms with Crippen LogP contribution >= 0.6 is 0 Å². The van der Waals surface area contributed by atoms with Gasteiger partial charge in [0.05, 0.1) is 23.5 Å². The Bertz CT molecular complexity index is 1250. The van der Waals surface area contributed by atoms with Gasteiger partial charge in [-0.15, -0.1) is 0 Å². The number of carbonyl (C=O) groups is 2. The Morgan fingerprint density at radius 3 is 2.62 bits per heavy atom. The lowest BCUT2D eigenvalue weighted by atomic mass is 10.0. The zero-order chi connectivity index (χ0) is 23.0. The molecule has 10 heteroatoms. The Morgan fingerprint density at radius 2 is 1.94 bits per heavy atom. The van der Waals surface area contributed by atoms with Gasteiger partial charge >= 0.3 is 5.69 Å². The summed E-state index contributed by atoms with van der Waals surface area (Å²) in [6.45, 7) is 3.67. The fourth-order valence-corrected chi connectivity index (χ4v) is 4.05. The monoisotopic (exact) mass is 438 g/mol. The zero-order valence-electron chi connectivity index (χ0n) is 17.8. The van der Waals surface area contributed by atoms with Crippen molar-refractivity contribution < 1.29 is 14.0 Å². The highest BCUT2D eigenvalue weighted by Crippen LogP contribution is 2.25. The summed E-state index contributed by atoms with van der Waals surface area (Å²) in [5.41, 5.74) is 7.60. The van der Waals surface area contributed by atoms with Gasteiger partial charge in [0.1, 0.15) is 18.2 Å². The third kappa shape index (κ3) is 3.91. The number of halogens is 1. The molecule has 0 bridgehead atoms. The van der Waals surface area contributed by atoms with E-state index in [9.17, 15) is 18.8 Å². The zero-order valence-corrected chi connectivity index (χ0v) is 17.8. The summed E-state index contributed by atoms with van der Waals surface area (Å²) in [5.74, 6) is -0.918. The van der Waals surface area contributed by atoms with E-state index in [4.69, 9.17) is 5.73 Å². The van der Waals surface area contributed by atoms with Crippen molar-refractivity contribution in [3.8, 4) is 5.69 Å². The van der Waals surface area contributed by atoms with Crippen LogP contribution in [0.2, 0.25) is 0 Å². The normalized spacial score (nSPS) is 15.8. The molecule has 1 atom stereocenters. The van der Waals surface area contributed by atoms with E-state index in [0.29, 0.717) is 36.5 Å². The molecule has 0 saturated carbocycles. The molecule has 1 aliphatic rings.